The lowest BCUT2D eigenvalue weighted by atomic mass is 10.2. The fourth-order valence-electron chi connectivity index (χ4n) is 3.60. The molecule has 1 heterocycles. The molecule has 12 heteroatoms. The molecular formula is C27H27N5O6S. The fraction of sp³-hybridized carbons (Fsp3) is 0.222. The zero-order valence-corrected chi connectivity index (χ0v) is 22.3. The number of anilines is 3. The first-order valence-corrected chi connectivity index (χ1v) is 13.4. The third-order valence-corrected chi connectivity index (χ3v) is 6.97. The van der Waals surface area contributed by atoms with E-state index < -0.39 is 16.1 Å². The van der Waals surface area contributed by atoms with E-state index in [1.165, 1.54) is 38.5 Å². The lowest BCUT2D eigenvalue weighted by molar-refractivity contribution is 0.154. The van der Waals surface area contributed by atoms with Gasteiger partial charge in [-0.2, -0.15) is 5.26 Å². The van der Waals surface area contributed by atoms with Crippen molar-refractivity contribution in [3.8, 4) is 23.3 Å². The highest BCUT2D eigenvalue weighted by Crippen LogP contribution is 2.42. The van der Waals surface area contributed by atoms with E-state index in [0.717, 1.165) is 0 Å². The molecule has 1 unspecified atom stereocenters. The summed E-state index contributed by atoms with van der Waals surface area (Å²) in [5.74, 6) is 1.16. The van der Waals surface area contributed by atoms with Crippen LogP contribution in [0.1, 0.15) is 18.9 Å². The van der Waals surface area contributed by atoms with Crippen molar-refractivity contribution in [1.29, 1.82) is 5.26 Å². The summed E-state index contributed by atoms with van der Waals surface area (Å²) in [6.07, 6.45) is -0.194. The molecule has 0 spiro atoms. The summed E-state index contributed by atoms with van der Waals surface area (Å²) in [5.41, 5.74) is 1.70. The molecule has 1 aromatic heterocycles. The van der Waals surface area contributed by atoms with Crippen molar-refractivity contribution < 1.29 is 27.7 Å². The minimum atomic E-state index is -4.09. The third kappa shape index (κ3) is 6.46. The first-order valence-electron chi connectivity index (χ1n) is 11.9. The monoisotopic (exact) mass is 549 g/mol. The summed E-state index contributed by atoms with van der Waals surface area (Å²) in [5, 5.41) is 21.8. The molecule has 3 N–H and O–H groups in total. The molecule has 202 valence electrons. The Bertz CT molecular complexity index is 1620. The van der Waals surface area contributed by atoms with Gasteiger partial charge < -0.3 is 24.6 Å². The Morgan fingerprint density at radius 2 is 1.67 bits per heavy atom. The van der Waals surface area contributed by atoms with Crippen LogP contribution in [-0.2, 0) is 10.0 Å². The van der Waals surface area contributed by atoms with Crippen LogP contribution in [0.2, 0.25) is 0 Å². The van der Waals surface area contributed by atoms with Gasteiger partial charge in [0.05, 0.1) is 60.2 Å². The summed E-state index contributed by atoms with van der Waals surface area (Å²) in [4.78, 5) is 9.08. The average molecular weight is 550 g/mol. The summed E-state index contributed by atoms with van der Waals surface area (Å²) < 4.78 is 45.8. The number of nitrogens with one attached hydrogen (secondary N) is 2. The number of para-hydroxylation sites is 2. The quantitative estimate of drug-likeness (QED) is 0.248. The number of sulfonamides is 1. The van der Waals surface area contributed by atoms with Gasteiger partial charge in [-0.05, 0) is 43.3 Å². The number of aliphatic hydroxyl groups excluding tert-OH is 1. The molecule has 39 heavy (non-hydrogen) atoms. The van der Waals surface area contributed by atoms with Crippen LogP contribution in [0.3, 0.4) is 0 Å². The molecule has 4 aromatic rings. The van der Waals surface area contributed by atoms with Crippen LogP contribution < -0.4 is 24.2 Å². The molecule has 0 saturated heterocycles. The van der Waals surface area contributed by atoms with Crippen molar-refractivity contribution >= 4 is 38.4 Å². The van der Waals surface area contributed by atoms with Gasteiger partial charge in [-0.1, -0.05) is 12.1 Å². The highest BCUT2D eigenvalue weighted by molar-refractivity contribution is 7.92. The van der Waals surface area contributed by atoms with E-state index in [4.69, 9.17) is 19.5 Å². The van der Waals surface area contributed by atoms with Crippen LogP contribution >= 0.6 is 0 Å². The van der Waals surface area contributed by atoms with Crippen molar-refractivity contribution in [3.05, 3.63) is 66.2 Å². The zero-order chi connectivity index (χ0) is 28.0. The highest BCUT2D eigenvalue weighted by Gasteiger charge is 2.22. The standard InChI is InChI=1S/C27H27N5O6S/c1-17(33)12-13-38-25-23(14-19(36-2)15-24(25)37-3)31-26-27(30-22-7-5-4-6-21(22)29-26)32-39(34,35)20-10-8-18(16-28)9-11-20/h4-11,14-15,17,33H,12-13H2,1-3H3,(H,29,31)(H,30,32). The number of methoxy groups -OCH3 is 2. The van der Waals surface area contributed by atoms with Crippen LogP contribution in [0, 0.1) is 11.3 Å². The maximum atomic E-state index is 13.2. The molecule has 4 rings (SSSR count). The zero-order valence-electron chi connectivity index (χ0n) is 21.5. The summed E-state index contributed by atoms with van der Waals surface area (Å²) in [7, 11) is -1.11. The molecular weight excluding hydrogens is 522 g/mol. The highest BCUT2D eigenvalue weighted by atomic mass is 32.2. The number of aliphatic hydroxyl groups is 1. The lowest BCUT2D eigenvalue weighted by Crippen LogP contribution is -2.16. The number of rotatable bonds is 11. The van der Waals surface area contributed by atoms with Crippen molar-refractivity contribution in [3.63, 3.8) is 0 Å². The summed E-state index contributed by atoms with van der Waals surface area (Å²) in [6, 6.07) is 17.8. The van der Waals surface area contributed by atoms with E-state index in [1.807, 2.05) is 6.07 Å². The Hall–Kier alpha value is -4.60. The predicted octanol–water partition coefficient (Wildman–Crippen LogP) is 4.21. The Kier molecular flexibility index (Phi) is 8.33. The topological polar surface area (TPSA) is 156 Å². The number of benzene rings is 3. The van der Waals surface area contributed by atoms with Crippen LogP contribution in [0.5, 0.6) is 17.2 Å². The second kappa shape index (κ2) is 11.8. The Labute approximate surface area is 226 Å². The normalized spacial score (nSPS) is 11.9. The second-order valence-corrected chi connectivity index (χ2v) is 10.2. The Morgan fingerprint density at radius 1 is 1.00 bits per heavy atom. The average Bonchev–Trinajstić information content (AvgIpc) is 2.93. The van der Waals surface area contributed by atoms with Crippen LogP contribution in [0.15, 0.2) is 65.6 Å². The number of aromatic nitrogens is 2. The minimum Gasteiger partial charge on any atom is -0.497 e. The van der Waals surface area contributed by atoms with Gasteiger partial charge in [0.25, 0.3) is 10.0 Å². The Morgan fingerprint density at radius 3 is 2.26 bits per heavy atom. The largest absolute Gasteiger partial charge is 0.497 e. The van der Waals surface area contributed by atoms with Crippen molar-refractivity contribution in [1.82, 2.24) is 9.97 Å². The maximum absolute atomic E-state index is 13.2. The second-order valence-electron chi connectivity index (χ2n) is 8.47. The molecule has 0 radical (unpaired) electrons. The maximum Gasteiger partial charge on any atom is 0.263 e. The smallest absolute Gasteiger partial charge is 0.263 e. The van der Waals surface area contributed by atoms with E-state index >= 15 is 0 Å². The molecule has 0 aliphatic rings. The number of nitrogens with zero attached hydrogens (tertiary/aromatic N) is 3. The number of nitriles is 1. The van der Waals surface area contributed by atoms with Gasteiger partial charge in [0.1, 0.15) is 5.75 Å². The van der Waals surface area contributed by atoms with Gasteiger partial charge in [0.2, 0.25) is 0 Å². The van der Waals surface area contributed by atoms with Gasteiger partial charge in [-0.3, -0.25) is 4.72 Å². The fourth-order valence-corrected chi connectivity index (χ4v) is 4.61. The van der Waals surface area contributed by atoms with E-state index in [0.29, 0.717) is 46.0 Å². The van der Waals surface area contributed by atoms with Crippen molar-refractivity contribution in [2.75, 3.05) is 30.9 Å². The number of fused-ring (bicyclic) bond motifs is 1. The summed E-state index contributed by atoms with van der Waals surface area (Å²) >= 11 is 0. The van der Waals surface area contributed by atoms with E-state index in [1.54, 1.807) is 43.3 Å². The van der Waals surface area contributed by atoms with Gasteiger partial charge in [-0.15, -0.1) is 0 Å². The molecule has 0 aliphatic carbocycles. The molecule has 0 saturated carbocycles. The molecule has 0 amide bonds. The number of hydrogen-bond donors (Lipinski definition) is 3. The van der Waals surface area contributed by atoms with Crippen molar-refractivity contribution in [2.24, 2.45) is 0 Å². The van der Waals surface area contributed by atoms with Gasteiger partial charge >= 0.3 is 0 Å². The molecule has 0 aliphatic heterocycles. The van der Waals surface area contributed by atoms with E-state index in [2.05, 4.69) is 20.0 Å². The first-order chi connectivity index (χ1) is 18.7. The first kappa shape index (κ1) is 27.4. The SMILES string of the molecule is COc1cc(Nc2nc3ccccc3nc2NS(=O)(=O)c2ccc(C#N)cc2)c(OCCC(C)O)c(OC)c1. The van der Waals surface area contributed by atoms with Gasteiger partial charge in [0, 0.05) is 18.6 Å². The van der Waals surface area contributed by atoms with E-state index in [-0.39, 0.29) is 23.1 Å². The molecule has 11 nitrogen and oxygen atoms in total. The van der Waals surface area contributed by atoms with Gasteiger partial charge in [0.15, 0.2) is 23.1 Å². The van der Waals surface area contributed by atoms with Gasteiger partial charge in [-0.25, -0.2) is 18.4 Å². The predicted molar refractivity (Wildman–Crippen MR) is 146 cm³/mol. The minimum absolute atomic E-state index is 0.0485. The molecule has 0 bridgehead atoms. The van der Waals surface area contributed by atoms with E-state index in [9.17, 15) is 13.5 Å². The lowest BCUT2D eigenvalue weighted by Gasteiger charge is -2.19. The van der Waals surface area contributed by atoms with Crippen LogP contribution in [-0.4, -0.2) is 50.4 Å². The Balaban J connectivity index is 1.79. The number of hydrogen-bond acceptors (Lipinski definition) is 10. The van der Waals surface area contributed by atoms with Crippen molar-refractivity contribution in [2.45, 2.75) is 24.3 Å². The summed E-state index contributed by atoms with van der Waals surface area (Å²) in [6.45, 7) is 1.85. The van der Waals surface area contributed by atoms with Crippen LogP contribution in [0.4, 0.5) is 17.3 Å². The number of ether oxygens (including phenoxy) is 3. The van der Waals surface area contributed by atoms with Crippen LogP contribution in [0.25, 0.3) is 11.0 Å². The molecule has 3 aromatic carbocycles. The molecule has 0 fully saturated rings. The third-order valence-electron chi connectivity index (χ3n) is 5.61. The molecule has 1 atom stereocenters.